The smallest absolute Gasteiger partial charge is 0.440 e. The van der Waals surface area contributed by atoms with E-state index >= 15 is 0 Å². The van der Waals surface area contributed by atoms with Crippen molar-refractivity contribution in [1.29, 1.82) is 0 Å². The van der Waals surface area contributed by atoms with E-state index in [1.54, 1.807) is 9.21 Å². The summed E-state index contributed by atoms with van der Waals surface area (Å²) in [6, 6.07) is 51.4. The summed E-state index contributed by atoms with van der Waals surface area (Å²) in [5.74, 6) is 3.16. The van der Waals surface area contributed by atoms with Gasteiger partial charge in [-0.25, -0.2) is 0 Å². The zero-order valence-electron chi connectivity index (χ0n) is 31.2. The van der Waals surface area contributed by atoms with Crippen molar-refractivity contribution in [1.82, 2.24) is 9.21 Å². The van der Waals surface area contributed by atoms with Crippen LogP contribution in [0.4, 0.5) is 0 Å². The van der Waals surface area contributed by atoms with Crippen LogP contribution in [0, 0.1) is 0 Å². The van der Waals surface area contributed by atoms with E-state index in [-0.39, 0.29) is 0 Å². The summed E-state index contributed by atoms with van der Waals surface area (Å²) in [6.45, 7) is 1.20. The Labute approximate surface area is 336 Å². The van der Waals surface area contributed by atoms with E-state index in [1.807, 2.05) is 164 Å². The lowest BCUT2D eigenvalue weighted by Gasteiger charge is -2.44. The van der Waals surface area contributed by atoms with Crippen LogP contribution in [-0.4, -0.2) is 28.8 Å². The van der Waals surface area contributed by atoms with Crippen molar-refractivity contribution in [3.8, 4) is 34.5 Å². The van der Waals surface area contributed by atoms with Crippen LogP contribution in [0.5, 0.6) is 34.5 Å². The molecule has 7 rings (SSSR count). The molecule has 1 aliphatic rings. The van der Waals surface area contributed by atoms with Crippen LogP contribution in [0.25, 0.3) is 0 Å². The SMILES string of the molecule is NCCc1ccccc1OP1N=P(Oc2ccccc2CCN)(Oc2ccccc2CCN)N(Oc2ccccc2)P(Oc2ccccc2)N1Oc1ccccc1. The van der Waals surface area contributed by atoms with Crippen molar-refractivity contribution in [3.05, 3.63) is 180 Å². The molecule has 0 fully saturated rings. The largest absolute Gasteiger partial charge is 0.447 e. The van der Waals surface area contributed by atoms with E-state index in [0.717, 1.165) is 16.7 Å². The molecule has 1 heterocycles. The third-order valence-corrected chi connectivity index (χ3v) is 15.2. The molecular weight excluding hydrogens is 777 g/mol. The molecule has 0 spiro atoms. The Hall–Kier alpha value is -4.99. The van der Waals surface area contributed by atoms with Crippen molar-refractivity contribution in [2.24, 2.45) is 21.7 Å². The Morgan fingerprint density at radius 3 is 1.35 bits per heavy atom. The van der Waals surface area contributed by atoms with E-state index in [0.29, 0.717) is 73.4 Å². The molecule has 6 N–H and O–H groups in total. The van der Waals surface area contributed by atoms with Gasteiger partial charge in [0, 0.05) is 9.21 Å². The normalized spacial score (nSPS) is 16.5. The van der Waals surface area contributed by atoms with E-state index < -0.39 is 24.6 Å². The molecule has 6 aromatic rings. The molecule has 0 radical (unpaired) electrons. The maximum atomic E-state index is 7.27. The number of nitrogens with zero attached hydrogens (tertiary/aromatic N) is 3. The lowest BCUT2D eigenvalue weighted by Crippen LogP contribution is -2.37. The third-order valence-electron chi connectivity index (χ3n) is 8.41. The van der Waals surface area contributed by atoms with Crippen LogP contribution in [0.1, 0.15) is 16.7 Å². The summed E-state index contributed by atoms with van der Waals surface area (Å²) in [5.41, 5.74) is 21.0. The Morgan fingerprint density at radius 2 is 0.860 bits per heavy atom. The lowest BCUT2D eigenvalue weighted by atomic mass is 10.1. The van der Waals surface area contributed by atoms with Crippen LogP contribution in [0.15, 0.2) is 168 Å². The standard InChI is InChI=1S/C42H45N6O6P3/c43-31-28-34-16-10-13-25-40(34)52-55-46-57(53-41-26-14-11-17-35(41)29-32-44,54-42-27-15-12-18-36(42)30-33-45)48(50-38-21-6-2-7-22-38)56(51-39-23-8-3-9-24-39)47(55)49-37-19-4-1-5-20-37/h1-27H,28-33,43-45H2. The molecule has 0 amide bonds. The zero-order chi connectivity index (χ0) is 39.3. The molecule has 1 aliphatic heterocycles. The predicted molar refractivity (Wildman–Crippen MR) is 228 cm³/mol. The summed E-state index contributed by atoms with van der Waals surface area (Å²) >= 11 is 0. The molecule has 57 heavy (non-hydrogen) atoms. The quantitative estimate of drug-likeness (QED) is 0.0711. The molecular formula is C42H45N6O6P3. The van der Waals surface area contributed by atoms with Crippen LogP contribution in [-0.2, 0) is 19.3 Å². The Bertz CT molecular complexity index is 2170. The average molecular weight is 823 g/mol. The van der Waals surface area contributed by atoms with Gasteiger partial charge < -0.3 is 45.0 Å². The molecule has 2 unspecified atom stereocenters. The highest BCUT2D eigenvalue weighted by atomic mass is 31.3. The highest BCUT2D eigenvalue weighted by Crippen LogP contribution is 2.78. The maximum Gasteiger partial charge on any atom is 0.447 e. The number of rotatable bonds is 18. The summed E-state index contributed by atoms with van der Waals surface area (Å²) in [7, 11) is -8.37. The fraction of sp³-hybridized carbons (Fsp3) is 0.143. The molecule has 294 valence electrons. The van der Waals surface area contributed by atoms with Gasteiger partial charge >= 0.3 is 24.6 Å². The van der Waals surface area contributed by atoms with E-state index in [4.69, 9.17) is 49.5 Å². The van der Waals surface area contributed by atoms with Crippen molar-refractivity contribution < 1.29 is 27.8 Å². The molecule has 0 aliphatic carbocycles. The molecule has 15 heteroatoms. The van der Waals surface area contributed by atoms with Crippen LogP contribution < -0.4 is 45.0 Å². The second-order valence-corrected chi connectivity index (χ2v) is 18.0. The zero-order valence-corrected chi connectivity index (χ0v) is 33.9. The third kappa shape index (κ3) is 10.1. The minimum atomic E-state index is -3.95. The van der Waals surface area contributed by atoms with Gasteiger partial charge in [-0.1, -0.05) is 109 Å². The van der Waals surface area contributed by atoms with Crippen LogP contribution in [0.2, 0.25) is 0 Å². The van der Waals surface area contributed by atoms with Gasteiger partial charge in [-0.2, -0.15) is 0 Å². The summed E-state index contributed by atoms with van der Waals surface area (Å²) in [5, 5.41) is 0. The number of nitrogens with two attached hydrogens (primary N) is 3. The Balaban J connectivity index is 1.52. The first-order valence-corrected chi connectivity index (χ1v) is 22.4. The number of hydrogen-bond donors (Lipinski definition) is 3. The number of hydrogen-bond acceptors (Lipinski definition) is 12. The number of para-hydroxylation sites is 6. The highest BCUT2D eigenvalue weighted by molar-refractivity contribution is 7.78. The van der Waals surface area contributed by atoms with Crippen LogP contribution in [0.3, 0.4) is 0 Å². The van der Waals surface area contributed by atoms with Gasteiger partial charge in [-0.15, -0.1) is 4.52 Å². The van der Waals surface area contributed by atoms with Crippen molar-refractivity contribution >= 4 is 24.6 Å². The van der Waals surface area contributed by atoms with Crippen molar-refractivity contribution in [2.45, 2.75) is 19.3 Å². The van der Waals surface area contributed by atoms with E-state index in [1.165, 1.54) is 0 Å². The van der Waals surface area contributed by atoms with Gasteiger partial charge in [0.05, 0.1) is 0 Å². The maximum absolute atomic E-state index is 7.27. The van der Waals surface area contributed by atoms with Gasteiger partial charge in [0.2, 0.25) is 0 Å². The summed E-state index contributed by atoms with van der Waals surface area (Å²) in [6.07, 6.45) is 1.65. The van der Waals surface area contributed by atoms with Crippen molar-refractivity contribution in [3.63, 3.8) is 0 Å². The topological polar surface area (TPSA) is 152 Å². The predicted octanol–water partition coefficient (Wildman–Crippen LogP) is 9.81. The molecule has 0 saturated heterocycles. The fourth-order valence-corrected chi connectivity index (χ4v) is 13.3. The minimum Gasteiger partial charge on any atom is -0.440 e. The van der Waals surface area contributed by atoms with Crippen molar-refractivity contribution in [2.75, 3.05) is 19.6 Å². The molecule has 0 bridgehead atoms. The molecule has 6 aromatic carbocycles. The first-order chi connectivity index (χ1) is 28.1. The summed E-state index contributed by atoms with van der Waals surface area (Å²) in [4.78, 5) is 13.7. The highest BCUT2D eigenvalue weighted by Gasteiger charge is 2.58. The summed E-state index contributed by atoms with van der Waals surface area (Å²) < 4.78 is 37.3. The van der Waals surface area contributed by atoms with Crippen LogP contribution >= 0.6 is 24.6 Å². The molecule has 12 nitrogen and oxygen atoms in total. The first kappa shape index (κ1) is 40.2. The van der Waals surface area contributed by atoms with Gasteiger partial charge in [0.25, 0.3) is 0 Å². The van der Waals surface area contributed by atoms with E-state index in [9.17, 15) is 0 Å². The molecule has 0 aromatic heterocycles. The van der Waals surface area contributed by atoms with E-state index in [2.05, 4.69) is 0 Å². The molecule has 2 atom stereocenters. The fourth-order valence-electron chi connectivity index (χ4n) is 5.73. The van der Waals surface area contributed by atoms with Gasteiger partial charge in [0.1, 0.15) is 34.5 Å². The Kier molecular flexibility index (Phi) is 14.1. The molecule has 0 saturated carbocycles. The number of benzene rings is 6. The van der Waals surface area contributed by atoms with Gasteiger partial charge in [-0.3, -0.25) is 0 Å². The minimum absolute atomic E-state index is 0.393. The van der Waals surface area contributed by atoms with Gasteiger partial charge in [-0.05, 0) is 110 Å². The van der Waals surface area contributed by atoms with Gasteiger partial charge in [0.15, 0.2) is 0 Å². The monoisotopic (exact) mass is 822 g/mol. The second kappa shape index (κ2) is 19.9. The second-order valence-electron chi connectivity index (χ2n) is 12.5. The Morgan fingerprint density at radius 1 is 0.456 bits per heavy atom. The average Bonchev–Trinajstić information content (AvgIpc) is 3.24. The first-order valence-electron chi connectivity index (χ1n) is 18.5. The lowest BCUT2D eigenvalue weighted by molar-refractivity contribution is 0.0544.